The van der Waals surface area contributed by atoms with Crippen LogP contribution in [0.2, 0.25) is 0 Å². The Morgan fingerprint density at radius 2 is 1.72 bits per heavy atom. The monoisotopic (exact) mass is 581 g/mol. The maximum absolute atomic E-state index is 13.1. The number of carbonyl (C=O) groups is 2. The largest absolute Gasteiger partial charge is 0.496 e. The van der Waals surface area contributed by atoms with Crippen LogP contribution in [0.15, 0.2) is 60.8 Å². The van der Waals surface area contributed by atoms with Crippen molar-refractivity contribution in [2.75, 3.05) is 44.0 Å². The van der Waals surface area contributed by atoms with Crippen molar-refractivity contribution in [3.8, 4) is 5.75 Å². The number of hydrogen-bond acceptors (Lipinski definition) is 6. The van der Waals surface area contributed by atoms with E-state index in [-0.39, 0.29) is 17.9 Å². The summed E-state index contributed by atoms with van der Waals surface area (Å²) in [4.78, 5) is 35.6. The van der Waals surface area contributed by atoms with Crippen molar-refractivity contribution >= 4 is 23.3 Å². The number of rotatable bonds is 7. The molecule has 43 heavy (non-hydrogen) atoms. The fourth-order valence-electron chi connectivity index (χ4n) is 7.31. The zero-order valence-electron chi connectivity index (χ0n) is 25.5. The van der Waals surface area contributed by atoms with Gasteiger partial charge in [0.05, 0.1) is 12.7 Å². The van der Waals surface area contributed by atoms with E-state index >= 15 is 0 Å². The van der Waals surface area contributed by atoms with E-state index in [1.165, 1.54) is 18.4 Å². The van der Waals surface area contributed by atoms with Gasteiger partial charge >= 0.3 is 0 Å². The average molecular weight is 582 g/mol. The summed E-state index contributed by atoms with van der Waals surface area (Å²) in [6.45, 7) is 5.11. The maximum atomic E-state index is 13.1. The molecule has 0 spiro atoms. The van der Waals surface area contributed by atoms with Gasteiger partial charge in [0.15, 0.2) is 0 Å². The van der Waals surface area contributed by atoms with Gasteiger partial charge in [-0.2, -0.15) is 0 Å². The SMILES string of the molecule is COc1cccc(C(=O)NC2CC3CCCN(c4ccc(C(=O)Nc5ccc(C6CCN(C)CC6)cc5)cn4)C3C2)c1C. The molecule has 3 aliphatic rings. The lowest BCUT2D eigenvalue weighted by Crippen LogP contribution is -2.43. The van der Waals surface area contributed by atoms with Crippen LogP contribution in [0.5, 0.6) is 5.75 Å². The van der Waals surface area contributed by atoms with Gasteiger partial charge in [-0.3, -0.25) is 9.59 Å². The molecule has 8 nitrogen and oxygen atoms in total. The zero-order valence-corrected chi connectivity index (χ0v) is 25.5. The van der Waals surface area contributed by atoms with E-state index in [1.54, 1.807) is 13.3 Å². The van der Waals surface area contributed by atoms with Crippen molar-refractivity contribution in [3.05, 3.63) is 83.0 Å². The lowest BCUT2D eigenvalue weighted by atomic mass is 9.89. The second kappa shape index (κ2) is 12.8. The zero-order chi connectivity index (χ0) is 29.9. The highest BCUT2D eigenvalue weighted by Gasteiger charge is 2.41. The number of nitrogens with one attached hydrogen (secondary N) is 2. The number of aromatic nitrogens is 1. The van der Waals surface area contributed by atoms with Crippen LogP contribution in [-0.4, -0.2) is 67.6 Å². The molecule has 3 heterocycles. The topological polar surface area (TPSA) is 86.8 Å². The number of anilines is 2. The van der Waals surface area contributed by atoms with Gasteiger partial charge in [0.2, 0.25) is 0 Å². The highest BCUT2D eigenvalue weighted by molar-refractivity contribution is 6.04. The quantitative estimate of drug-likeness (QED) is 0.376. The van der Waals surface area contributed by atoms with Crippen LogP contribution in [0, 0.1) is 12.8 Å². The Hall–Kier alpha value is -3.91. The van der Waals surface area contributed by atoms with E-state index in [1.807, 2.05) is 49.4 Å². The third kappa shape index (κ3) is 6.39. The highest BCUT2D eigenvalue weighted by Crippen LogP contribution is 2.39. The van der Waals surface area contributed by atoms with Crippen molar-refractivity contribution in [3.63, 3.8) is 0 Å². The van der Waals surface area contributed by atoms with Crippen LogP contribution in [0.25, 0.3) is 0 Å². The number of methoxy groups -OCH3 is 1. The van der Waals surface area contributed by atoms with Gasteiger partial charge in [-0.25, -0.2) is 4.98 Å². The molecule has 8 heteroatoms. The van der Waals surface area contributed by atoms with Gasteiger partial charge in [0, 0.05) is 41.6 Å². The molecule has 2 saturated heterocycles. The first-order valence-corrected chi connectivity index (χ1v) is 15.7. The summed E-state index contributed by atoms with van der Waals surface area (Å²) in [5.74, 6) is 2.52. The average Bonchev–Trinajstić information content (AvgIpc) is 3.44. The number of hydrogen-bond donors (Lipinski definition) is 2. The van der Waals surface area contributed by atoms with E-state index < -0.39 is 0 Å². The lowest BCUT2D eigenvalue weighted by molar-refractivity contribution is 0.0935. The summed E-state index contributed by atoms with van der Waals surface area (Å²) in [6, 6.07) is 18.2. The molecule has 2 N–H and O–H groups in total. The lowest BCUT2D eigenvalue weighted by Gasteiger charge is -2.38. The molecule has 3 atom stereocenters. The smallest absolute Gasteiger partial charge is 0.257 e. The molecule has 2 aromatic carbocycles. The molecule has 6 rings (SSSR count). The number of benzene rings is 2. The van der Waals surface area contributed by atoms with E-state index in [0.29, 0.717) is 29.0 Å². The first kappa shape index (κ1) is 29.2. The number of piperidine rings is 2. The summed E-state index contributed by atoms with van der Waals surface area (Å²) >= 11 is 0. The minimum atomic E-state index is -0.154. The summed E-state index contributed by atoms with van der Waals surface area (Å²) in [5, 5.41) is 6.32. The Morgan fingerprint density at radius 1 is 0.930 bits per heavy atom. The molecule has 1 aliphatic carbocycles. The van der Waals surface area contributed by atoms with Crippen molar-refractivity contribution in [2.45, 2.75) is 63.5 Å². The Morgan fingerprint density at radius 3 is 2.44 bits per heavy atom. The Bertz CT molecular complexity index is 1430. The number of carbonyl (C=O) groups excluding carboxylic acids is 2. The molecular formula is C35H43N5O3. The second-order valence-corrected chi connectivity index (χ2v) is 12.5. The summed E-state index contributed by atoms with van der Waals surface area (Å²) < 4.78 is 5.41. The Kier molecular flexibility index (Phi) is 8.66. The molecule has 0 bridgehead atoms. The molecule has 3 unspecified atom stereocenters. The van der Waals surface area contributed by atoms with E-state index in [0.717, 1.165) is 68.1 Å². The molecule has 0 radical (unpaired) electrons. The van der Waals surface area contributed by atoms with Gasteiger partial charge < -0.3 is 25.2 Å². The van der Waals surface area contributed by atoms with E-state index in [2.05, 4.69) is 39.6 Å². The number of amides is 2. The molecule has 2 amide bonds. The van der Waals surface area contributed by atoms with Gasteiger partial charge in [-0.15, -0.1) is 0 Å². The van der Waals surface area contributed by atoms with Crippen LogP contribution in [0.4, 0.5) is 11.5 Å². The highest BCUT2D eigenvalue weighted by atomic mass is 16.5. The Labute approximate surface area is 254 Å². The summed E-state index contributed by atoms with van der Waals surface area (Å²) in [6.07, 6.45) is 8.14. The molecule has 3 aromatic rings. The van der Waals surface area contributed by atoms with E-state index in [9.17, 15) is 9.59 Å². The third-order valence-corrected chi connectivity index (χ3v) is 9.78. The van der Waals surface area contributed by atoms with Crippen LogP contribution < -0.4 is 20.3 Å². The predicted molar refractivity (Wildman–Crippen MR) is 170 cm³/mol. The standard InChI is InChI=1S/C35H43N5O3/c1-23-30(7-4-8-32(23)43-3)35(42)38-29-20-26-6-5-17-40(31(26)21-29)33-14-11-27(22-36-33)34(41)37-28-12-9-24(10-13-28)25-15-18-39(2)19-16-25/h4,7-14,22,25-26,29,31H,5-6,15-21H2,1-3H3,(H,37,41)(H,38,42). The molecule has 3 fully saturated rings. The molecule has 1 aromatic heterocycles. The minimum absolute atomic E-state index is 0.0449. The van der Waals surface area contributed by atoms with Crippen LogP contribution in [0.1, 0.15) is 76.3 Å². The minimum Gasteiger partial charge on any atom is -0.496 e. The van der Waals surface area contributed by atoms with Crippen molar-refractivity contribution in [1.29, 1.82) is 0 Å². The third-order valence-electron chi connectivity index (χ3n) is 9.78. The number of fused-ring (bicyclic) bond motifs is 1. The number of nitrogens with zero attached hydrogens (tertiary/aromatic N) is 3. The summed E-state index contributed by atoms with van der Waals surface area (Å²) in [5.41, 5.74) is 4.21. The molecule has 2 aliphatic heterocycles. The van der Waals surface area contributed by atoms with Crippen LogP contribution in [0.3, 0.4) is 0 Å². The van der Waals surface area contributed by atoms with E-state index in [4.69, 9.17) is 9.72 Å². The first-order chi connectivity index (χ1) is 20.9. The number of pyridine rings is 1. The number of ether oxygens (including phenoxy) is 1. The van der Waals surface area contributed by atoms with Crippen LogP contribution in [-0.2, 0) is 0 Å². The molecule has 226 valence electrons. The van der Waals surface area contributed by atoms with Gasteiger partial charge in [-0.05, 0) is 119 Å². The fraction of sp³-hybridized carbons (Fsp3) is 0.457. The van der Waals surface area contributed by atoms with Crippen molar-refractivity contribution < 1.29 is 14.3 Å². The van der Waals surface area contributed by atoms with Crippen molar-refractivity contribution in [2.24, 2.45) is 5.92 Å². The maximum Gasteiger partial charge on any atom is 0.257 e. The molecular weight excluding hydrogens is 538 g/mol. The first-order valence-electron chi connectivity index (χ1n) is 15.7. The predicted octanol–water partition coefficient (Wildman–Crippen LogP) is 5.64. The van der Waals surface area contributed by atoms with Gasteiger partial charge in [0.1, 0.15) is 11.6 Å². The summed E-state index contributed by atoms with van der Waals surface area (Å²) in [7, 11) is 3.81. The normalized spacial score (nSPS) is 22.6. The van der Waals surface area contributed by atoms with Crippen molar-refractivity contribution in [1.82, 2.24) is 15.2 Å². The second-order valence-electron chi connectivity index (χ2n) is 12.5. The number of likely N-dealkylation sites (tertiary alicyclic amines) is 1. The fourth-order valence-corrected chi connectivity index (χ4v) is 7.31. The Balaban J connectivity index is 1.06. The van der Waals surface area contributed by atoms with Crippen LogP contribution >= 0.6 is 0 Å². The van der Waals surface area contributed by atoms with Gasteiger partial charge in [0.25, 0.3) is 11.8 Å². The molecule has 1 saturated carbocycles. The van der Waals surface area contributed by atoms with Gasteiger partial charge in [-0.1, -0.05) is 18.2 Å².